The number of nitrogens with zero attached hydrogens (tertiary/aromatic N) is 1. The quantitative estimate of drug-likeness (QED) is 0.810. The predicted octanol–water partition coefficient (Wildman–Crippen LogP) is 3.35. The van der Waals surface area contributed by atoms with Crippen LogP contribution in [0, 0.1) is 11.3 Å². The molecule has 6 heteroatoms. The fourth-order valence-corrected chi connectivity index (χ4v) is 4.26. The monoisotopic (exact) mass is 392 g/mol. The average molecular weight is 392 g/mol. The Balaban J connectivity index is 1.35. The largest absolute Gasteiger partial charge is 0.465 e. The van der Waals surface area contributed by atoms with Crippen molar-refractivity contribution in [3.8, 4) is 0 Å². The van der Waals surface area contributed by atoms with Gasteiger partial charge in [-0.05, 0) is 55.0 Å². The molecule has 1 N–H and O–H groups in total. The molecule has 1 aliphatic carbocycles. The average Bonchev–Trinajstić information content (AvgIpc) is 3.47. The molecule has 29 heavy (non-hydrogen) atoms. The highest BCUT2D eigenvalue weighted by atomic mass is 16.5. The Morgan fingerprint density at radius 2 is 1.69 bits per heavy atom. The molecule has 1 heterocycles. The Kier molecular flexibility index (Phi) is 5.09. The lowest BCUT2D eigenvalue weighted by Crippen LogP contribution is -2.40. The van der Waals surface area contributed by atoms with E-state index in [1.54, 1.807) is 24.3 Å². The second-order valence-electron chi connectivity index (χ2n) is 7.84. The van der Waals surface area contributed by atoms with Gasteiger partial charge in [0, 0.05) is 30.3 Å². The van der Waals surface area contributed by atoms with Gasteiger partial charge in [-0.2, -0.15) is 0 Å². The van der Waals surface area contributed by atoms with Crippen LogP contribution >= 0.6 is 0 Å². The zero-order valence-corrected chi connectivity index (χ0v) is 16.4. The normalized spacial score (nSPS) is 19.5. The van der Waals surface area contributed by atoms with Crippen LogP contribution in [-0.2, 0) is 9.53 Å². The molecule has 2 amide bonds. The maximum Gasteiger partial charge on any atom is 0.337 e. The van der Waals surface area contributed by atoms with Crippen LogP contribution in [0.15, 0.2) is 54.6 Å². The van der Waals surface area contributed by atoms with Gasteiger partial charge >= 0.3 is 5.97 Å². The molecule has 2 aliphatic rings. The molecule has 150 valence electrons. The van der Waals surface area contributed by atoms with Crippen LogP contribution in [0.3, 0.4) is 0 Å². The smallest absolute Gasteiger partial charge is 0.337 e. The van der Waals surface area contributed by atoms with Crippen LogP contribution in [0.25, 0.3) is 0 Å². The Hall–Kier alpha value is -3.15. The summed E-state index contributed by atoms with van der Waals surface area (Å²) in [7, 11) is 1.32. The number of para-hydroxylation sites is 1. The van der Waals surface area contributed by atoms with Crippen molar-refractivity contribution < 1.29 is 19.1 Å². The van der Waals surface area contributed by atoms with Crippen molar-refractivity contribution in [1.82, 2.24) is 4.90 Å². The van der Waals surface area contributed by atoms with E-state index in [2.05, 4.69) is 5.32 Å². The van der Waals surface area contributed by atoms with Gasteiger partial charge in [-0.25, -0.2) is 4.79 Å². The summed E-state index contributed by atoms with van der Waals surface area (Å²) in [5.41, 5.74) is 1.69. The van der Waals surface area contributed by atoms with E-state index in [1.807, 2.05) is 35.2 Å². The molecular weight excluding hydrogens is 368 g/mol. The highest BCUT2D eigenvalue weighted by Crippen LogP contribution is 2.59. The number of carbonyl (C=O) groups excluding carboxylic acids is 3. The Bertz CT molecular complexity index is 933. The minimum absolute atomic E-state index is 0.0163. The van der Waals surface area contributed by atoms with E-state index in [4.69, 9.17) is 4.74 Å². The number of anilines is 1. The number of amides is 2. The summed E-state index contributed by atoms with van der Waals surface area (Å²) in [6, 6.07) is 16.1. The van der Waals surface area contributed by atoms with Crippen LogP contribution in [-0.4, -0.2) is 42.9 Å². The van der Waals surface area contributed by atoms with E-state index in [1.165, 1.54) is 7.11 Å². The number of methoxy groups -OCH3 is 1. The first-order valence-corrected chi connectivity index (χ1v) is 9.86. The van der Waals surface area contributed by atoms with Gasteiger partial charge in [-0.3, -0.25) is 9.59 Å². The van der Waals surface area contributed by atoms with Gasteiger partial charge < -0.3 is 15.0 Å². The number of benzene rings is 2. The minimum Gasteiger partial charge on any atom is -0.465 e. The summed E-state index contributed by atoms with van der Waals surface area (Å²) in [6.07, 6.45) is 2.52. The number of hydrogen-bond donors (Lipinski definition) is 1. The van der Waals surface area contributed by atoms with Gasteiger partial charge in [0.25, 0.3) is 5.91 Å². The van der Waals surface area contributed by atoms with Gasteiger partial charge in [0.1, 0.15) is 0 Å². The number of ether oxygens (including phenoxy) is 1. The van der Waals surface area contributed by atoms with Crippen LogP contribution in [0.2, 0.25) is 0 Å². The molecule has 1 atom stereocenters. The summed E-state index contributed by atoms with van der Waals surface area (Å²) in [4.78, 5) is 38.9. The molecule has 0 aromatic heterocycles. The Morgan fingerprint density at radius 1 is 1.00 bits per heavy atom. The molecule has 0 bridgehead atoms. The van der Waals surface area contributed by atoms with Crippen LogP contribution in [0.1, 0.15) is 40.0 Å². The van der Waals surface area contributed by atoms with Gasteiger partial charge in [0.2, 0.25) is 5.91 Å². The molecule has 2 fully saturated rings. The van der Waals surface area contributed by atoms with E-state index in [0.29, 0.717) is 24.2 Å². The molecule has 1 saturated carbocycles. The maximum atomic E-state index is 12.8. The summed E-state index contributed by atoms with van der Waals surface area (Å²) < 4.78 is 4.73. The summed E-state index contributed by atoms with van der Waals surface area (Å²) in [5.74, 6) is -0.455. The van der Waals surface area contributed by atoms with E-state index in [0.717, 1.165) is 24.9 Å². The van der Waals surface area contributed by atoms with Crippen LogP contribution in [0.5, 0.6) is 0 Å². The highest BCUT2D eigenvalue weighted by molar-refractivity contribution is 5.98. The Morgan fingerprint density at radius 3 is 2.38 bits per heavy atom. The number of nitrogens with one attached hydrogen (secondary N) is 1. The third kappa shape index (κ3) is 3.88. The van der Waals surface area contributed by atoms with Crippen molar-refractivity contribution in [2.75, 3.05) is 25.5 Å². The molecule has 1 saturated heterocycles. The van der Waals surface area contributed by atoms with Crippen LogP contribution in [0.4, 0.5) is 5.69 Å². The number of hydrogen-bond acceptors (Lipinski definition) is 4. The first-order chi connectivity index (χ1) is 14.0. The van der Waals surface area contributed by atoms with Crippen molar-refractivity contribution in [1.29, 1.82) is 0 Å². The topological polar surface area (TPSA) is 75.7 Å². The van der Waals surface area contributed by atoms with Crippen molar-refractivity contribution >= 4 is 23.5 Å². The van der Waals surface area contributed by atoms with Gasteiger partial charge in [-0.15, -0.1) is 0 Å². The lowest BCUT2D eigenvalue weighted by Gasteiger charge is -2.33. The number of piperidine rings is 1. The first-order valence-electron chi connectivity index (χ1n) is 9.86. The fraction of sp³-hybridized carbons (Fsp3) is 0.348. The van der Waals surface area contributed by atoms with E-state index >= 15 is 0 Å². The lowest BCUT2D eigenvalue weighted by molar-refractivity contribution is -0.118. The first kappa shape index (κ1) is 19.2. The molecule has 2 aromatic carbocycles. The standard InChI is InChI=1S/C23H24N2O4/c1-29-22(28)17-7-5-6-16(14-17)21(27)25-12-10-23(11-13-25)15-19(23)20(26)24-18-8-3-2-4-9-18/h2-9,14,19H,10-13,15H2,1H3,(H,24,26)/t19-/m0/s1. The second kappa shape index (κ2) is 7.70. The second-order valence-corrected chi connectivity index (χ2v) is 7.84. The third-order valence-electron chi connectivity index (χ3n) is 6.12. The molecule has 4 rings (SSSR count). The van der Waals surface area contributed by atoms with E-state index < -0.39 is 5.97 Å². The van der Waals surface area contributed by atoms with Crippen molar-refractivity contribution in [3.63, 3.8) is 0 Å². The summed E-state index contributed by atoms with van der Waals surface area (Å²) in [6.45, 7) is 1.24. The molecule has 1 aliphatic heterocycles. The van der Waals surface area contributed by atoms with E-state index in [-0.39, 0.29) is 23.1 Å². The lowest BCUT2D eigenvalue weighted by atomic mass is 9.90. The van der Waals surface area contributed by atoms with Gasteiger partial charge in [0.05, 0.1) is 12.7 Å². The highest BCUT2D eigenvalue weighted by Gasteiger charge is 2.58. The number of esters is 1. The molecule has 6 nitrogen and oxygen atoms in total. The number of likely N-dealkylation sites (tertiary alicyclic amines) is 1. The molecule has 0 unspecified atom stereocenters. The molecule has 0 radical (unpaired) electrons. The van der Waals surface area contributed by atoms with Crippen molar-refractivity contribution in [2.45, 2.75) is 19.3 Å². The zero-order valence-electron chi connectivity index (χ0n) is 16.4. The van der Waals surface area contributed by atoms with Gasteiger partial charge in [0.15, 0.2) is 0 Å². The SMILES string of the molecule is COC(=O)c1cccc(C(=O)N2CCC3(CC2)C[C@H]3C(=O)Nc2ccccc2)c1. The van der Waals surface area contributed by atoms with Crippen LogP contribution < -0.4 is 5.32 Å². The van der Waals surface area contributed by atoms with Gasteiger partial charge in [-0.1, -0.05) is 24.3 Å². The summed E-state index contributed by atoms with van der Waals surface area (Å²) in [5, 5.41) is 2.99. The fourth-order valence-electron chi connectivity index (χ4n) is 4.26. The molecular formula is C23H24N2O4. The Labute approximate surface area is 169 Å². The van der Waals surface area contributed by atoms with Crippen molar-refractivity contribution in [2.24, 2.45) is 11.3 Å². The van der Waals surface area contributed by atoms with E-state index in [9.17, 15) is 14.4 Å². The number of rotatable bonds is 4. The number of carbonyl (C=O) groups is 3. The molecule has 1 spiro atoms. The maximum absolute atomic E-state index is 12.8. The summed E-state index contributed by atoms with van der Waals surface area (Å²) >= 11 is 0. The predicted molar refractivity (Wildman–Crippen MR) is 109 cm³/mol. The minimum atomic E-state index is -0.456. The molecule has 2 aromatic rings. The zero-order chi connectivity index (χ0) is 20.4. The third-order valence-corrected chi connectivity index (χ3v) is 6.12. The van der Waals surface area contributed by atoms with Crippen molar-refractivity contribution in [3.05, 3.63) is 65.7 Å².